The van der Waals surface area contributed by atoms with Gasteiger partial charge in [-0.05, 0) is 31.4 Å². The number of nitrogens with zero attached hydrogens (tertiary/aromatic N) is 4. The van der Waals surface area contributed by atoms with Crippen LogP contribution >= 0.6 is 24.0 Å². The van der Waals surface area contributed by atoms with Gasteiger partial charge in [0.15, 0.2) is 11.6 Å². The highest BCUT2D eigenvalue weighted by atomic mass is 127. The van der Waals surface area contributed by atoms with Gasteiger partial charge in [-0.2, -0.15) is 0 Å². The zero-order valence-electron chi connectivity index (χ0n) is 16.2. The molecule has 0 saturated heterocycles. The van der Waals surface area contributed by atoms with E-state index in [-0.39, 0.29) is 24.0 Å². The number of aromatic nitrogens is 3. The summed E-state index contributed by atoms with van der Waals surface area (Å²) in [5, 5.41) is 15.2. The molecule has 1 atom stereocenters. The first-order valence-corrected chi connectivity index (χ1v) is 9.59. The van der Waals surface area contributed by atoms with Crippen LogP contribution in [0.5, 0.6) is 0 Å². The number of aliphatic imine (C=N–C) groups is 1. The molecule has 0 radical (unpaired) electrons. The number of unbranched alkanes of at least 4 members (excludes halogenated alkanes) is 1. The molecule has 2 rings (SSSR count). The predicted octanol–water partition coefficient (Wildman–Crippen LogP) is 3.66. The minimum absolute atomic E-state index is 0. The second-order valence-electron chi connectivity index (χ2n) is 6.36. The smallest absolute Gasteiger partial charge is 0.191 e. The number of guanidine groups is 1. The third kappa shape index (κ3) is 7.09. The highest BCUT2D eigenvalue weighted by Gasteiger charge is 2.07. The maximum atomic E-state index is 4.77. The van der Waals surface area contributed by atoms with Gasteiger partial charge in [0.25, 0.3) is 0 Å². The summed E-state index contributed by atoms with van der Waals surface area (Å²) < 4.78 is 2.03. The Morgan fingerprint density at radius 2 is 2.04 bits per heavy atom. The number of fused-ring (bicyclic) bond motifs is 1. The van der Waals surface area contributed by atoms with Crippen LogP contribution in [-0.4, -0.2) is 40.2 Å². The molecule has 146 valence electrons. The molecule has 0 saturated carbocycles. The van der Waals surface area contributed by atoms with Gasteiger partial charge in [-0.25, -0.2) is 0 Å². The molecule has 2 heterocycles. The van der Waals surface area contributed by atoms with Crippen molar-refractivity contribution in [3.05, 3.63) is 30.2 Å². The largest absolute Gasteiger partial charge is 0.357 e. The van der Waals surface area contributed by atoms with Crippen LogP contribution in [0.3, 0.4) is 0 Å². The van der Waals surface area contributed by atoms with Crippen molar-refractivity contribution in [3.63, 3.8) is 0 Å². The quantitative estimate of drug-likeness (QED) is 0.315. The number of rotatable bonds is 10. The number of nitrogens with one attached hydrogen (secondary N) is 2. The molecule has 0 aromatic carbocycles. The number of hydrogen-bond donors (Lipinski definition) is 2. The Kier molecular flexibility index (Phi) is 11.2. The van der Waals surface area contributed by atoms with E-state index in [0.29, 0.717) is 5.92 Å². The molecule has 2 aromatic rings. The van der Waals surface area contributed by atoms with E-state index in [9.17, 15) is 0 Å². The van der Waals surface area contributed by atoms with E-state index < -0.39 is 0 Å². The summed E-state index contributed by atoms with van der Waals surface area (Å²) in [5.74, 6) is 2.54. The maximum absolute atomic E-state index is 4.77. The molecule has 7 heteroatoms. The van der Waals surface area contributed by atoms with Gasteiger partial charge in [0.1, 0.15) is 5.82 Å². The van der Waals surface area contributed by atoms with E-state index in [1.165, 1.54) is 25.7 Å². The molecule has 0 fully saturated rings. The second-order valence-corrected chi connectivity index (χ2v) is 6.36. The van der Waals surface area contributed by atoms with Crippen LogP contribution in [0.15, 0.2) is 29.4 Å². The van der Waals surface area contributed by atoms with Crippen LogP contribution in [0.2, 0.25) is 0 Å². The van der Waals surface area contributed by atoms with Crippen molar-refractivity contribution in [2.24, 2.45) is 10.9 Å². The van der Waals surface area contributed by atoms with Gasteiger partial charge in [-0.15, -0.1) is 34.2 Å². The average molecular weight is 472 g/mol. The van der Waals surface area contributed by atoms with Crippen LogP contribution in [0.1, 0.15) is 52.3 Å². The number of halogens is 1. The van der Waals surface area contributed by atoms with Gasteiger partial charge >= 0.3 is 0 Å². The Balaban J connectivity index is 0.00000338. The molecular weight excluding hydrogens is 439 g/mol. The highest BCUT2D eigenvalue weighted by Crippen LogP contribution is 2.12. The lowest BCUT2D eigenvalue weighted by Crippen LogP contribution is -2.38. The molecule has 0 aliphatic rings. The van der Waals surface area contributed by atoms with Gasteiger partial charge in [0, 0.05) is 32.3 Å². The first kappa shape index (κ1) is 22.7. The van der Waals surface area contributed by atoms with Crippen molar-refractivity contribution in [2.75, 3.05) is 19.6 Å². The van der Waals surface area contributed by atoms with Crippen LogP contribution in [0.4, 0.5) is 0 Å². The molecule has 1 unspecified atom stereocenters. The Bertz CT molecular complexity index is 654. The molecule has 6 nitrogen and oxygen atoms in total. The average Bonchev–Trinajstić information content (AvgIpc) is 3.05. The molecule has 0 aliphatic carbocycles. The van der Waals surface area contributed by atoms with Gasteiger partial charge in [-0.3, -0.25) is 9.39 Å². The SMILES string of the molecule is CCCCC(CC)CN=C(NCC)NCCc1nnc2ccccn12.I. The summed E-state index contributed by atoms with van der Waals surface area (Å²) >= 11 is 0. The molecule has 0 bridgehead atoms. The normalized spacial score (nSPS) is 12.7. The Hall–Kier alpha value is -1.38. The molecule has 2 N–H and O–H groups in total. The molecule has 2 aromatic heterocycles. The zero-order valence-corrected chi connectivity index (χ0v) is 18.6. The summed E-state index contributed by atoms with van der Waals surface area (Å²) in [6.45, 7) is 9.14. The lowest BCUT2D eigenvalue weighted by atomic mass is 10.00. The van der Waals surface area contributed by atoms with Crippen molar-refractivity contribution in [3.8, 4) is 0 Å². The predicted molar refractivity (Wildman–Crippen MR) is 119 cm³/mol. The minimum atomic E-state index is 0. The highest BCUT2D eigenvalue weighted by molar-refractivity contribution is 14.0. The van der Waals surface area contributed by atoms with Crippen LogP contribution < -0.4 is 10.6 Å². The fraction of sp³-hybridized carbons (Fsp3) is 0.632. The third-order valence-electron chi connectivity index (χ3n) is 4.42. The zero-order chi connectivity index (χ0) is 17.9. The molecule has 26 heavy (non-hydrogen) atoms. The lowest BCUT2D eigenvalue weighted by Gasteiger charge is -2.15. The lowest BCUT2D eigenvalue weighted by molar-refractivity contribution is 0.461. The summed E-state index contributed by atoms with van der Waals surface area (Å²) in [6.07, 6.45) is 7.81. The first-order chi connectivity index (χ1) is 12.3. The molecular formula is C19H33IN6. The number of hydrogen-bond acceptors (Lipinski definition) is 3. The van der Waals surface area contributed by atoms with E-state index in [1.54, 1.807) is 0 Å². The Morgan fingerprint density at radius 3 is 2.77 bits per heavy atom. The Labute approximate surface area is 174 Å². The summed E-state index contributed by atoms with van der Waals surface area (Å²) in [7, 11) is 0. The first-order valence-electron chi connectivity index (χ1n) is 9.59. The van der Waals surface area contributed by atoms with Crippen LogP contribution in [0, 0.1) is 5.92 Å². The molecule has 0 spiro atoms. The van der Waals surface area contributed by atoms with Crippen molar-refractivity contribution >= 4 is 35.6 Å². The third-order valence-corrected chi connectivity index (χ3v) is 4.42. The van der Waals surface area contributed by atoms with E-state index in [1.807, 2.05) is 28.8 Å². The van der Waals surface area contributed by atoms with Crippen molar-refractivity contribution in [1.29, 1.82) is 0 Å². The fourth-order valence-corrected chi connectivity index (χ4v) is 2.83. The summed E-state index contributed by atoms with van der Waals surface area (Å²) in [6, 6.07) is 5.95. The minimum Gasteiger partial charge on any atom is -0.357 e. The maximum Gasteiger partial charge on any atom is 0.191 e. The molecule has 0 amide bonds. The topological polar surface area (TPSA) is 66.6 Å². The van der Waals surface area contributed by atoms with Gasteiger partial charge in [0.05, 0.1) is 0 Å². The van der Waals surface area contributed by atoms with Gasteiger partial charge in [-0.1, -0.05) is 39.2 Å². The van der Waals surface area contributed by atoms with E-state index in [4.69, 9.17) is 4.99 Å². The van der Waals surface area contributed by atoms with E-state index in [0.717, 1.165) is 43.5 Å². The monoisotopic (exact) mass is 472 g/mol. The summed E-state index contributed by atoms with van der Waals surface area (Å²) in [5.41, 5.74) is 0.889. The van der Waals surface area contributed by atoms with Gasteiger partial charge < -0.3 is 10.6 Å². The van der Waals surface area contributed by atoms with Crippen LogP contribution in [-0.2, 0) is 6.42 Å². The van der Waals surface area contributed by atoms with E-state index in [2.05, 4.69) is 41.6 Å². The van der Waals surface area contributed by atoms with Crippen molar-refractivity contribution < 1.29 is 0 Å². The second kappa shape index (κ2) is 12.9. The van der Waals surface area contributed by atoms with Crippen molar-refractivity contribution in [2.45, 2.75) is 52.9 Å². The van der Waals surface area contributed by atoms with Crippen LogP contribution in [0.25, 0.3) is 5.65 Å². The summed E-state index contributed by atoms with van der Waals surface area (Å²) in [4.78, 5) is 4.77. The van der Waals surface area contributed by atoms with Crippen molar-refractivity contribution in [1.82, 2.24) is 25.2 Å². The standard InChI is InChI=1S/C19H32N6.HI/c1-4-7-10-16(5-2)15-22-19(20-6-3)21-13-12-18-24-23-17-11-8-9-14-25(17)18;/h8-9,11,14,16H,4-7,10,12-13,15H2,1-3H3,(H2,20,21,22);1H. The van der Waals surface area contributed by atoms with Gasteiger partial charge in [0.2, 0.25) is 0 Å². The van der Waals surface area contributed by atoms with E-state index >= 15 is 0 Å². The Morgan fingerprint density at radius 1 is 1.19 bits per heavy atom. The molecule has 0 aliphatic heterocycles. The fourth-order valence-electron chi connectivity index (χ4n) is 2.83. The number of pyridine rings is 1.